The Balaban J connectivity index is 1.67. The summed E-state index contributed by atoms with van der Waals surface area (Å²) in [5.41, 5.74) is 0.227. The second-order valence-corrected chi connectivity index (χ2v) is 4.22. The van der Waals surface area contributed by atoms with Gasteiger partial charge in [0, 0.05) is 19.2 Å². The van der Waals surface area contributed by atoms with Gasteiger partial charge in [0.05, 0.1) is 13.2 Å². The summed E-state index contributed by atoms with van der Waals surface area (Å²) in [6, 6.07) is 4.96. The van der Waals surface area contributed by atoms with Crippen LogP contribution >= 0.6 is 0 Å². The summed E-state index contributed by atoms with van der Waals surface area (Å²) in [5, 5.41) is 14.2. The van der Waals surface area contributed by atoms with Crippen LogP contribution in [-0.2, 0) is 4.74 Å². The van der Waals surface area contributed by atoms with Gasteiger partial charge in [-0.1, -0.05) is 5.16 Å². The maximum atomic E-state index is 11.9. The average Bonchev–Trinajstić information content (AvgIpc) is 3.01. The summed E-state index contributed by atoms with van der Waals surface area (Å²) in [5.74, 6) is 0.709. The standard InChI is InChI=1S/C12H13N5O3/c18-12(13-10-3-6-20-16-10)9-1-2-11(15-14-9)17-4-7-19-8-5-17/h1-3,6H,4-5,7-8H2,(H,13,16,18). The molecule has 1 fully saturated rings. The van der Waals surface area contributed by atoms with E-state index in [2.05, 4.69) is 30.1 Å². The van der Waals surface area contributed by atoms with E-state index in [0.717, 1.165) is 18.9 Å². The number of amides is 1. The Bertz CT molecular complexity index is 563. The lowest BCUT2D eigenvalue weighted by Gasteiger charge is -2.27. The first-order valence-electron chi connectivity index (χ1n) is 6.21. The van der Waals surface area contributed by atoms with Crippen LogP contribution in [0.1, 0.15) is 10.5 Å². The van der Waals surface area contributed by atoms with Crippen molar-refractivity contribution >= 4 is 17.5 Å². The number of ether oxygens (including phenoxy) is 1. The molecule has 1 aliphatic rings. The van der Waals surface area contributed by atoms with Crippen LogP contribution < -0.4 is 10.2 Å². The van der Waals surface area contributed by atoms with Crippen molar-refractivity contribution in [2.75, 3.05) is 36.5 Å². The molecular weight excluding hydrogens is 262 g/mol. The largest absolute Gasteiger partial charge is 0.378 e. The first-order chi connectivity index (χ1) is 9.83. The van der Waals surface area contributed by atoms with Crippen molar-refractivity contribution in [2.24, 2.45) is 0 Å². The van der Waals surface area contributed by atoms with Crippen LogP contribution in [0.25, 0.3) is 0 Å². The zero-order valence-electron chi connectivity index (χ0n) is 10.7. The number of hydrogen-bond acceptors (Lipinski definition) is 7. The molecule has 0 aromatic carbocycles. The molecule has 20 heavy (non-hydrogen) atoms. The van der Waals surface area contributed by atoms with Crippen molar-refractivity contribution in [1.29, 1.82) is 0 Å². The molecule has 1 aliphatic heterocycles. The van der Waals surface area contributed by atoms with Crippen LogP contribution in [0.5, 0.6) is 0 Å². The molecule has 0 aliphatic carbocycles. The van der Waals surface area contributed by atoms with E-state index in [1.54, 1.807) is 18.2 Å². The van der Waals surface area contributed by atoms with Crippen LogP contribution in [0, 0.1) is 0 Å². The van der Waals surface area contributed by atoms with Crippen molar-refractivity contribution in [3.05, 3.63) is 30.2 Å². The number of rotatable bonds is 3. The normalized spacial score (nSPS) is 15.1. The summed E-state index contributed by atoms with van der Waals surface area (Å²) in [6.07, 6.45) is 1.38. The molecule has 0 atom stereocenters. The molecule has 3 heterocycles. The van der Waals surface area contributed by atoms with E-state index in [4.69, 9.17) is 4.74 Å². The number of nitrogens with one attached hydrogen (secondary N) is 1. The third-order valence-corrected chi connectivity index (χ3v) is 2.90. The monoisotopic (exact) mass is 275 g/mol. The molecule has 8 nitrogen and oxygen atoms in total. The van der Waals surface area contributed by atoms with Crippen LogP contribution in [-0.4, -0.2) is 47.6 Å². The molecule has 1 N–H and O–H groups in total. The number of carbonyl (C=O) groups is 1. The Morgan fingerprint density at radius 2 is 2.05 bits per heavy atom. The lowest BCUT2D eigenvalue weighted by molar-refractivity contribution is 0.102. The number of carbonyl (C=O) groups excluding carboxylic acids is 1. The Labute approximate surface area is 114 Å². The van der Waals surface area contributed by atoms with E-state index in [-0.39, 0.29) is 11.6 Å². The summed E-state index contributed by atoms with van der Waals surface area (Å²) in [4.78, 5) is 13.9. The van der Waals surface area contributed by atoms with E-state index in [1.165, 1.54) is 6.26 Å². The molecule has 0 spiro atoms. The highest BCUT2D eigenvalue weighted by Gasteiger charge is 2.15. The van der Waals surface area contributed by atoms with Crippen LogP contribution in [0.15, 0.2) is 29.0 Å². The molecule has 2 aromatic rings. The van der Waals surface area contributed by atoms with Crippen molar-refractivity contribution in [3.63, 3.8) is 0 Å². The SMILES string of the molecule is O=C(Nc1ccon1)c1ccc(N2CCOCC2)nn1. The first-order valence-corrected chi connectivity index (χ1v) is 6.21. The molecule has 3 rings (SSSR count). The van der Waals surface area contributed by atoms with Crippen LogP contribution in [0.2, 0.25) is 0 Å². The molecule has 8 heteroatoms. The van der Waals surface area contributed by atoms with Gasteiger partial charge >= 0.3 is 0 Å². The number of hydrogen-bond donors (Lipinski definition) is 1. The van der Waals surface area contributed by atoms with E-state index in [0.29, 0.717) is 19.0 Å². The van der Waals surface area contributed by atoms with Gasteiger partial charge in [0.15, 0.2) is 17.3 Å². The van der Waals surface area contributed by atoms with E-state index in [9.17, 15) is 4.79 Å². The molecule has 0 unspecified atom stereocenters. The van der Waals surface area contributed by atoms with E-state index >= 15 is 0 Å². The minimum Gasteiger partial charge on any atom is -0.378 e. The number of anilines is 2. The Hall–Kier alpha value is -2.48. The van der Waals surface area contributed by atoms with E-state index < -0.39 is 0 Å². The third-order valence-electron chi connectivity index (χ3n) is 2.90. The Kier molecular flexibility index (Phi) is 3.55. The molecule has 0 radical (unpaired) electrons. The van der Waals surface area contributed by atoms with Crippen molar-refractivity contribution in [2.45, 2.75) is 0 Å². The second kappa shape index (κ2) is 5.66. The minimum absolute atomic E-state index is 0.227. The predicted molar refractivity (Wildman–Crippen MR) is 69.5 cm³/mol. The lowest BCUT2D eigenvalue weighted by Crippen LogP contribution is -2.37. The molecule has 1 amide bonds. The Morgan fingerprint density at radius 3 is 2.70 bits per heavy atom. The number of nitrogens with zero attached hydrogens (tertiary/aromatic N) is 4. The summed E-state index contributed by atoms with van der Waals surface area (Å²) in [7, 11) is 0. The molecule has 1 saturated heterocycles. The molecule has 0 saturated carbocycles. The van der Waals surface area contributed by atoms with Gasteiger partial charge < -0.3 is 19.5 Å². The van der Waals surface area contributed by atoms with Gasteiger partial charge in [0.2, 0.25) is 0 Å². The maximum absolute atomic E-state index is 11.9. The maximum Gasteiger partial charge on any atom is 0.277 e. The summed E-state index contributed by atoms with van der Waals surface area (Å²) < 4.78 is 9.90. The smallest absolute Gasteiger partial charge is 0.277 e. The second-order valence-electron chi connectivity index (χ2n) is 4.22. The van der Waals surface area contributed by atoms with Gasteiger partial charge in [-0.15, -0.1) is 10.2 Å². The highest BCUT2D eigenvalue weighted by molar-refractivity contribution is 6.02. The van der Waals surface area contributed by atoms with Gasteiger partial charge in [-0.2, -0.15) is 0 Å². The molecular formula is C12H13N5O3. The highest BCUT2D eigenvalue weighted by Crippen LogP contribution is 2.12. The topological polar surface area (TPSA) is 93.4 Å². The molecule has 104 valence electrons. The predicted octanol–water partition coefficient (Wildman–Crippen LogP) is 0.553. The van der Waals surface area contributed by atoms with Crippen LogP contribution in [0.4, 0.5) is 11.6 Å². The fourth-order valence-corrected chi connectivity index (χ4v) is 1.86. The van der Waals surface area contributed by atoms with Crippen molar-refractivity contribution in [1.82, 2.24) is 15.4 Å². The van der Waals surface area contributed by atoms with Gasteiger partial charge in [0.25, 0.3) is 5.91 Å². The first kappa shape index (κ1) is 12.5. The quantitative estimate of drug-likeness (QED) is 0.874. The fraction of sp³-hybridized carbons (Fsp3) is 0.333. The summed E-state index contributed by atoms with van der Waals surface area (Å²) >= 11 is 0. The van der Waals surface area contributed by atoms with Gasteiger partial charge in [-0.25, -0.2) is 0 Å². The van der Waals surface area contributed by atoms with Crippen molar-refractivity contribution in [3.8, 4) is 0 Å². The van der Waals surface area contributed by atoms with Gasteiger partial charge in [-0.3, -0.25) is 4.79 Å². The highest BCUT2D eigenvalue weighted by atomic mass is 16.5. The zero-order valence-corrected chi connectivity index (χ0v) is 10.7. The molecule has 2 aromatic heterocycles. The van der Waals surface area contributed by atoms with Crippen molar-refractivity contribution < 1.29 is 14.1 Å². The Morgan fingerprint density at radius 1 is 1.20 bits per heavy atom. The van der Waals surface area contributed by atoms with E-state index in [1.807, 2.05) is 0 Å². The number of aromatic nitrogens is 3. The fourth-order valence-electron chi connectivity index (χ4n) is 1.86. The minimum atomic E-state index is -0.375. The van der Waals surface area contributed by atoms with Gasteiger partial charge in [-0.05, 0) is 12.1 Å². The van der Waals surface area contributed by atoms with Gasteiger partial charge in [0.1, 0.15) is 6.26 Å². The average molecular weight is 275 g/mol. The molecule has 0 bridgehead atoms. The third kappa shape index (κ3) is 2.75. The van der Waals surface area contributed by atoms with Crippen LogP contribution in [0.3, 0.4) is 0 Å². The summed E-state index contributed by atoms with van der Waals surface area (Å²) in [6.45, 7) is 2.91. The zero-order chi connectivity index (χ0) is 13.8. The lowest BCUT2D eigenvalue weighted by atomic mass is 10.3. The number of morpholine rings is 1.